The third kappa shape index (κ3) is 2.69. The summed E-state index contributed by atoms with van der Waals surface area (Å²) in [5, 5.41) is 18.6. The molecular formula is C10H12BrNO6S. The van der Waals surface area contributed by atoms with E-state index in [1.165, 1.54) is 0 Å². The largest absolute Gasteiger partial charge is 0.475 e. The maximum atomic E-state index is 12.3. The van der Waals surface area contributed by atoms with Gasteiger partial charge >= 0.3 is 5.97 Å². The van der Waals surface area contributed by atoms with E-state index in [1.54, 1.807) is 6.92 Å². The summed E-state index contributed by atoms with van der Waals surface area (Å²) in [5.74, 6) is -1.81. The van der Waals surface area contributed by atoms with E-state index in [-0.39, 0.29) is 22.7 Å². The highest BCUT2D eigenvalue weighted by Crippen LogP contribution is 2.32. The molecule has 0 radical (unpaired) electrons. The lowest BCUT2D eigenvalue weighted by molar-refractivity contribution is 0.0660. The number of halogens is 1. The van der Waals surface area contributed by atoms with Crippen LogP contribution in [-0.4, -0.2) is 47.6 Å². The number of aliphatic hydroxyl groups is 1. The van der Waals surface area contributed by atoms with Crippen LogP contribution >= 0.6 is 15.9 Å². The van der Waals surface area contributed by atoms with E-state index in [2.05, 4.69) is 15.9 Å². The first-order valence-electron chi connectivity index (χ1n) is 5.39. The molecule has 0 aromatic carbocycles. The minimum atomic E-state index is -3.88. The molecule has 0 bridgehead atoms. The molecule has 1 atom stereocenters. The van der Waals surface area contributed by atoms with Crippen LogP contribution in [-0.2, 0) is 10.0 Å². The molecule has 1 unspecified atom stereocenters. The molecule has 9 heteroatoms. The summed E-state index contributed by atoms with van der Waals surface area (Å²) in [6.45, 7) is 1.69. The number of rotatable bonds is 3. The number of aromatic carboxylic acids is 1. The summed E-state index contributed by atoms with van der Waals surface area (Å²) in [4.78, 5) is 10.5. The van der Waals surface area contributed by atoms with Gasteiger partial charge in [0, 0.05) is 19.2 Å². The van der Waals surface area contributed by atoms with Crippen molar-refractivity contribution in [3.63, 3.8) is 0 Å². The van der Waals surface area contributed by atoms with Crippen LogP contribution in [0, 0.1) is 0 Å². The molecule has 1 aromatic rings. The average Bonchev–Trinajstić information content (AvgIpc) is 2.82. The van der Waals surface area contributed by atoms with Gasteiger partial charge in [0.1, 0.15) is 4.90 Å². The first-order chi connectivity index (χ1) is 8.63. The molecule has 1 aliphatic rings. The minimum Gasteiger partial charge on any atom is -0.475 e. The highest BCUT2D eigenvalue weighted by atomic mass is 79.9. The van der Waals surface area contributed by atoms with E-state index in [4.69, 9.17) is 9.52 Å². The van der Waals surface area contributed by atoms with Crippen LogP contribution in [0.1, 0.15) is 23.9 Å². The van der Waals surface area contributed by atoms with Gasteiger partial charge in [0.25, 0.3) is 0 Å². The number of hydrogen-bond donors (Lipinski definition) is 2. The topological polar surface area (TPSA) is 108 Å². The van der Waals surface area contributed by atoms with Gasteiger partial charge in [-0.1, -0.05) is 0 Å². The van der Waals surface area contributed by atoms with Crippen LogP contribution in [0.4, 0.5) is 0 Å². The van der Waals surface area contributed by atoms with Crippen molar-refractivity contribution < 1.29 is 27.8 Å². The molecule has 1 fully saturated rings. The Bertz CT molecular complexity index is 620. The monoisotopic (exact) mass is 353 g/mol. The van der Waals surface area contributed by atoms with E-state index >= 15 is 0 Å². The third-order valence-electron chi connectivity index (χ3n) is 2.90. The molecule has 1 aromatic heterocycles. The summed E-state index contributed by atoms with van der Waals surface area (Å²) in [6.07, 6.45) is 0.327. The quantitative estimate of drug-likeness (QED) is 0.835. The molecule has 2 heterocycles. The Balaban J connectivity index is 2.38. The number of carboxylic acids is 1. The van der Waals surface area contributed by atoms with Crippen molar-refractivity contribution >= 4 is 31.9 Å². The van der Waals surface area contributed by atoms with E-state index in [9.17, 15) is 18.3 Å². The van der Waals surface area contributed by atoms with Crippen LogP contribution in [0.15, 0.2) is 20.0 Å². The van der Waals surface area contributed by atoms with Crippen LogP contribution < -0.4 is 0 Å². The van der Waals surface area contributed by atoms with Crippen molar-refractivity contribution in [1.29, 1.82) is 0 Å². The van der Waals surface area contributed by atoms with Gasteiger partial charge in [-0.05, 0) is 29.3 Å². The number of carboxylic acid groups (broad SMARTS) is 1. The number of β-amino-alcohol motifs (C(OH)–C–C–N with tert-alkyl or cyclic N) is 1. The van der Waals surface area contributed by atoms with Crippen molar-refractivity contribution in [1.82, 2.24) is 4.31 Å². The first kappa shape index (κ1) is 14.5. The van der Waals surface area contributed by atoms with Gasteiger partial charge in [0.05, 0.1) is 5.60 Å². The van der Waals surface area contributed by atoms with Gasteiger partial charge in [-0.2, -0.15) is 4.31 Å². The van der Waals surface area contributed by atoms with Crippen molar-refractivity contribution in [3.8, 4) is 0 Å². The molecule has 1 aliphatic heterocycles. The Kier molecular flexibility index (Phi) is 3.50. The van der Waals surface area contributed by atoms with Gasteiger partial charge < -0.3 is 14.6 Å². The molecule has 0 aliphatic carbocycles. The molecule has 0 amide bonds. The van der Waals surface area contributed by atoms with Gasteiger partial charge in [0.2, 0.25) is 15.8 Å². The number of furan rings is 1. The SMILES string of the molecule is CC1(O)CCN(S(=O)(=O)c2cc(C(=O)O)oc2Br)C1. The lowest BCUT2D eigenvalue weighted by Crippen LogP contribution is -2.33. The average molecular weight is 354 g/mol. The maximum absolute atomic E-state index is 12.3. The Labute approximate surface area is 118 Å². The second kappa shape index (κ2) is 4.58. The summed E-state index contributed by atoms with van der Waals surface area (Å²) >= 11 is 2.90. The predicted molar refractivity (Wildman–Crippen MR) is 67.4 cm³/mol. The van der Waals surface area contributed by atoms with Gasteiger partial charge in [0.15, 0.2) is 4.67 Å². The number of hydrogen-bond acceptors (Lipinski definition) is 5. The predicted octanol–water partition coefficient (Wildman–Crippen LogP) is 0.886. The first-order valence-corrected chi connectivity index (χ1v) is 7.62. The van der Waals surface area contributed by atoms with Crippen molar-refractivity contribution in [2.24, 2.45) is 0 Å². The summed E-state index contributed by atoms with van der Waals surface area (Å²) in [7, 11) is -3.88. The number of carbonyl (C=O) groups is 1. The zero-order valence-electron chi connectivity index (χ0n) is 9.96. The van der Waals surface area contributed by atoms with E-state index < -0.39 is 27.4 Å². The van der Waals surface area contributed by atoms with E-state index in [0.717, 1.165) is 10.4 Å². The molecule has 19 heavy (non-hydrogen) atoms. The zero-order valence-corrected chi connectivity index (χ0v) is 12.4. The molecule has 0 spiro atoms. The molecular weight excluding hydrogens is 342 g/mol. The minimum absolute atomic E-state index is 0.0324. The molecule has 7 nitrogen and oxygen atoms in total. The van der Waals surface area contributed by atoms with Gasteiger partial charge in [-0.15, -0.1) is 0 Å². The molecule has 2 N–H and O–H groups in total. The van der Waals surface area contributed by atoms with Crippen LogP contribution in [0.2, 0.25) is 0 Å². The summed E-state index contributed by atoms with van der Waals surface area (Å²) < 4.78 is 30.4. The van der Waals surface area contributed by atoms with Crippen molar-refractivity contribution in [2.45, 2.75) is 23.8 Å². The second-order valence-corrected chi connectivity index (χ2v) is 7.27. The maximum Gasteiger partial charge on any atom is 0.371 e. The fourth-order valence-electron chi connectivity index (χ4n) is 1.88. The lowest BCUT2D eigenvalue weighted by atomic mass is 10.1. The van der Waals surface area contributed by atoms with Crippen LogP contribution in [0.25, 0.3) is 0 Å². The smallest absolute Gasteiger partial charge is 0.371 e. The standard InChI is InChI=1S/C10H12BrNO6S/c1-10(15)2-3-12(5-10)19(16,17)7-4-6(9(13)14)18-8(7)11/h4,15H,2-3,5H2,1H3,(H,13,14). The fourth-order valence-corrected chi connectivity index (χ4v) is 4.34. The number of sulfonamides is 1. The van der Waals surface area contributed by atoms with E-state index in [0.29, 0.717) is 6.42 Å². The lowest BCUT2D eigenvalue weighted by Gasteiger charge is -2.18. The highest BCUT2D eigenvalue weighted by Gasteiger charge is 2.40. The van der Waals surface area contributed by atoms with Gasteiger partial charge in [-0.25, -0.2) is 13.2 Å². The normalized spacial score (nSPS) is 24.8. The molecule has 0 saturated carbocycles. The fraction of sp³-hybridized carbons (Fsp3) is 0.500. The summed E-state index contributed by atoms with van der Waals surface area (Å²) in [6, 6.07) is 0.953. The Hall–Kier alpha value is -0.900. The Morgan fingerprint density at radius 1 is 1.58 bits per heavy atom. The third-order valence-corrected chi connectivity index (χ3v) is 5.60. The summed E-state index contributed by atoms with van der Waals surface area (Å²) in [5.41, 5.74) is -1.07. The molecule has 1 saturated heterocycles. The van der Waals surface area contributed by atoms with Crippen molar-refractivity contribution in [2.75, 3.05) is 13.1 Å². The van der Waals surface area contributed by atoms with Crippen LogP contribution in [0.3, 0.4) is 0 Å². The Morgan fingerprint density at radius 2 is 2.21 bits per heavy atom. The van der Waals surface area contributed by atoms with Crippen LogP contribution in [0.5, 0.6) is 0 Å². The number of nitrogens with zero attached hydrogens (tertiary/aromatic N) is 1. The molecule has 106 valence electrons. The zero-order chi connectivity index (χ0) is 14.4. The van der Waals surface area contributed by atoms with Gasteiger partial charge in [-0.3, -0.25) is 0 Å². The molecule has 2 rings (SSSR count). The van der Waals surface area contributed by atoms with E-state index in [1.807, 2.05) is 0 Å². The Morgan fingerprint density at radius 3 is 2.63 bits per heavy atom. The second-order valence-electron chi connectivity index (χ2n) is 4.64. The van der Waals surface area contributed by atoms with Crippen molar-refractivity contribution in [3.05, 3.63) is 16.5 Å². The highest BCUT2D eigenvalue weighted by molar-refractivity contribution is 9.10.